The van der Waals surface area contributed by atoms with Crippen LogP contribution in [0.25, 0.3) is 0 Å². The van der Waals surface area contributed by atoms with Crippen LogP contribution in [0.3, 0.4) is 0 Å². The topological polar surface area (TPSA) is 99.7 Å². The fraction of sp³-hybridized carbons (Fsp3) is 0.533. The minimum absolute atomic E-state index is 0.0386. The number of rotatable bonds is 4. The van der Waals surface area contributed by atoms with Gasteiger partial charge in [-0.2, -0.15) is 0 Å². The third-order valence-corrected chi connectivity index (χ3v) is 3.45. The van der Waals surface area contributed by atoms with Crippen molar-refractivity contribution in [1.29, 1.82) is 0 Å². The minimum Gasteiger partial charge on any atom is -0.480 e. The number of nitrogens with zero attached hydrogens (tertiary/aromatic N) is 1. The third kappa shape index (κ3) is 3.73. The number of hydrogen-bond donors (Lipinski definition) is 2. The number of aliphatic carboxylic acids is 1. The lowest BCUT2D eigenvalue weighted by Crippen LogP contribution is -2.52. The van der Waals surface area contributed by atoms with E-state index >= 15 is 0 Å². The van der Waals surface area contributed by atoms with E-state index in [9.17, 15) is 19.5 Å². The van der Waals surface area contributed by atoms with E-state index in [1.54, 1.807) is 6.07 Å². The van der Waals surface area contributed by atoms with Gasteiger partial charge >= 0.3 is 5.97 Å². The molecule has 2 rings (SSSR count). The van der Waals surface area contributed by atoms with Crippen LogP contribution >= 0.6 is 0 Å². The summed E-state index contributed by atoms with van der Waals surface area (Å²) in [6, 6.07) is 1.81. The average molecular weight is 308 g/mol. The number of H-pyrrole nitrogens is 1. The molecule has 1 atom stereocenters. The Bertz CT molecular complexity index is 623. The summed E-state index contributed by atoms with van der Waals surface area (Å²) in [6.07, 6.45) is 0.641. The lowest BCUT2D eigenvalue weighted by Gasteiger charge is -2.32. The molecule has 0 aliphatic carbocycles. The van der Waals surface area contributed by atoms with Gasteiger partial charge in [-0.3, -0.25) is 9.59 Å². The summed E-state index contributed by atoms with van der Waals surface area (Å²) in [5.41, 5.74) is 0.528. The fourth-order valence-corrected chi connectivity index (χ4v) is 2.49. The van der Waals surface area contributed by atoms with Gasteiger partial charge in [0.15, 0.2) is 6.04 Å². The standard InChI is InChI=1S/C15H20N2O5/c1-9(2)5-11-6-10(7-13(18)16-11)14(19)17-3-4-22-8-12(17)15(20)21/h6-7,9,12H,3-5,8H2,1-2H3,(H,16,18)(H,20,21)/t12-/m0/s1. The Morgan fingerprint density at radius 2 is 2.18 bits per heavy atom. The first-order valence-electron chi connectivity index (χ1n) is 7.23. The SMILES string of the molecule is CC(C)Cc1cc(C(=O)N2CCOC[C@H]2C(=O)O)cc(=O)[nH]1. The number of carboxylic acid groups (broad SMARTS) is 1. The van der Waals surface area contributed by atoms with Crippen LogP contribution in [0.1, 0.15) is 29.9 Å². The first-order valence-corrected chi connectivity index (χ1v) is 7.23. The molecule has 0 bridgehead atoms. The van der Waals surface area contributed by atoms with E-state index in [1.807, 2.05) is 13.8 Å². The van der Waals surface area contributed by atoms with E-state index in [0.29, 0.717) is 18.0 Å². The van der Waals surface area contributed by atoms with Crippen LogP contribution in [-0.2, 0) is 16.0 Å². The normalized spacial score (nSPS) is 18.5. The molecule has 1 fully saturated rings. The Labute approximate surface area is 127 Å². The van der Waals surface area contributed by atoms with Gasteiger partial charge in [0.05, 0.1) is 13.2 Å². The van der Waals surface area contributed by atoms with Crippen LogP contribution in [0.15, 0.2) is 16.9 Å². The van der Waals surface area contributed by atoms with Crippen LogP contribution in [0, 0.1) is 5.92 Å². The number of carboxylic acids is 1. The molecule has 0 aromatic carbocycles. The molecule has 1 amide bonds. The predicted molar refractivity (Wildman–Crippen MR) is 78.9 cm³/mol. The Kier molecular flexibility index (Phi) is 4.97. The summed E-state index contributed by atoms with van der Waals surface area (Å²) >= 11 is 0. The quantitative estimate of drug-likeness (QED) is 0.843. The zero-order valence-corrected chi connectivity index (χ0v) is 12.7. The fourth-order valence-electron chi connectivity index (χ4n) is 2.49. The van der Waals surface area contributed by atoms with E-state index in [4.69, 9.17) is 4.74 Å². The lowest BCUT2D eigenvalue weighted by atomic mass is 10.1. The van der Waals surface area contributed by atoms with Crippen LogP contribution in [-0.4, -0.2) is 52.7 Å². The van der Waals surface area contributed by atoms with Crippen molar-refractivity contribution >= 4 is 11.9 Å². The summed E-state index contributed by atoms with van der Waals surface area (Å²) < 4.78 is 5.12. The number of aromatic nitrogens is 1. The van der Waals surface area contributed by atoms with Gasteiger partial charge in [0.2, 0.25) is 5.56 Å². The number of pyridine rings is 1. The van der Waals surface area contributed by atoms with Crippen LogP contribution < -0.4 is 5.56 Å². The van der Waals surface area contributed by atoms with E-state index in [-0.39, 0.29) is 30.9 Å². The minimum atomic E-state index is -1.11. The molecular formula is C15H20N2O5. The van der Waals surface area contributed by atoms with Crippen molar-refractivity contribution < 1.29 is 19.4 Å². The van der Waals surface area contributed by atoms with Crippen molar-refractivity contribution in [3.63, 3.8) is 0 Å². The highest BCUT2D eigenvalue weighted by atomic mass is 16.5. The highest BCUT2D eigenvalue weighted by Gasteiger charge is 2.33. The molecule has 0 saturated carbocycles. The first-order chi connectivity index (χ1) is 10.4. The molecule has 1 saturated heterocycles. The number of hydrogen-bond acceptors (Lipinski definition) is 4. The molecule has 1 aromatic rings. The smallest absolute Gasteiger partial charge is 0.328 e. The molecule has 7 heteroatoms. The predicted octanol–water partition coefficient (Wildman–Crippen LogP) is 0.499. The number of carbonyl (C=O) groups excluding carboxylic acids is 1. The molecule has 22 heavy (non-hydrogen) atoms. The summed E-state index contributed by atoms with van der Waals surface area (Å²) in [4.78, 5) is 39.5. The Morgan fingerprint density at radius 3 is 2.82 bits per heavy atom. The molecule has 2 N–H and O–H groups in total. The summed E-state index contributed by atoms with van der Waals surface area (Å²) in [5, 5.41) is 9.19. The van der Waals surface area contributed by atoms with Crippen molar-refractivity contribution in [1.82, 2.24) is 9.88 Å². The lowest BCUT2D eigenvalue weighted by molar-refractivity contribution is -0.147. The second-order valence-electron chi connectivity index (χ2n) is 5.78. The Morgan fingerprint density at radius 1 is 1.45 bits per heavy atom. The van der Waals surface area contributed by atoms with Crippen molar-refractivity contribution in [3.8, 4) is 0 Å². The van der Waals surface area contributed by atoms with Gasteiger partial charge in [0, 0.05) is 23.9 Å². The molecule has 2 heterocycles. The molecular weight excluding hydrogens is 288 g/mol. The van der Waals surface area contributed by atoms with Gasteiger partial charge < -0.3 is 19.7 Å². The number of nitrogens with one attached hydrogen (secondary N) is 1. The maximum Gasteiger partial charge on any atom is 0.328 e. The monoisotopic (exact) mass is 308 g/mol. The molecule has 0 spiro atoms. The van der Waals surface area contributed by atoms with Gasteiger partial charge in [0.25, 0.3) is 5.91 Å². The van der Waals surface area contributed by atoms with Crippen molar-refractivity contribution in [3.05, 3.63) is 33.7 Å². The van der Waals surface area contributed by atoms with Gasteiger partial charge in [-0.1, -0.05) is 13.8 Å². The Balaban J connectivity index is 2.29. The maximum atomic E-state index is 12.6. The van der Waals surface area contributed by atoms with E-state index in [1.165, 1.54) is 11.0 Å². The molecule has 7 nitrogen and oxygen atoms in total. The van der Waals surface area contributed by atoms with Crippen LogP contribution in [0.4, 0.5) is 0 Å². The molecule has 0 unspecified atom stereocenters. The van der Waals surface area contributed by atoms with Crippen LogP contribution in [0.2, 0.25) is 0 Å². The van der Waals surface area contributed by atoms with Crippen molar-refractivity contribution in [2.45, 2.75) is 26.3 Å². The van der Waals surface area contributed by atoms with E-state index < -0.39 is 17.9 Å². The van der Waals surface area contributed by atoms with Gasteiger partial charge in [-0.15, -0.1) is 0 Å². The van der Waals surface area contributed by atoms with Crippen molar-refractivity contribution in [2.75, 3.05) is 19.8 Å². The molecule has 0 radical (unpaired) electrons. The van der Waals surface area contributed by atoms with Gasteiger partial charge in [-0.05, 0) is 18.4 Å². The zero-order valence-electron chi connectivity index (χ0n) is 12.7. The molecule has 1 aliphatic rings. The van der Waals surface area contributed by atoms with Gasteiger partial charge in [-0.25, -0.2) is 4.79 Å². The molecule has 120 valence electrons. The third-order valence-electron chi connectivity index (χ3n) is 3.45. The zero-order chi connectivity index (χ0) is 16.3. The van der Waals surface area contributed by atoms with Crippen LogP contribution in [0.5, 0.6) is 0 Å². The number of morpholine rings is 1. The van der Waals surface area contributed by atoms with E-state index in [2.05, 4.69) is 4.98 Å². The highest BCUT2D eigenvalue weighted by molar-refractivity contribution is 5.96. The van der Waals surface area contributed by atoms with Crippen molar-refractivity contribution in [2.24, 2.45) is 5.92 Å². The second-order valence-corrected chi connectivity index (χ2v) is 5.78. The number of carbonyl (C=O) groups is 2. The maximum absolute atomic E-state index is 12.6. The largest absolute Gasteiger partial charge is 0.480 e. The highest BCUT2D eigenvalue weighted by Crippen LogP contribution is 2.14. The summed E-state index contributed by atoms with van der Waals surface area (Å²) in [5.74, 6) is -1.23. The number of ether oxygens (including phenoxy) is 1. The molecule has 1 aromatic heterocycles. The second kappa shape index (κ2) is 6.74. The molecule has 1 aliphatic heterocycles. The van der Waals surface area contributed by atoms with E-state index in [0.717, 1.165) is 0 Å². The number of aromatic amines is 1. The first kappa shape index (κ1) is 16.2. The number of amides is 1. The summed E-state index contributed by atoms with van der Waals surface area (Å²) in [7, 11) is 0. The summed E-state index contributed by atoms with van der Waals surface area (Å²) in [6.45, 7) is 4.47. The Hall–Kier alpha value is -2.15. The average Bonchev–Trinajstić information content (AvgIpc) is 2.45. The van der Waals surface area contributed by atoms with Gasteiger partial charge in [0.1, 0.15) is 0 Å².